The summed E-state index contributed by atoms with van der Waals surface area (Å²) in [5.74, 6) is 1.11. The van der Waals surface area contributed by atoms with E-state index in [9.17, 15) is 0 Å². The molecule has 0 amide bonds. The van der Waals surface area contributed by atoms with E-state index in [4.69, 9.17) is 5.73 Å². The van der Waals surface area contributed by atoms with Gasteiger partial charge in [-0.1, -0.05) is 43.3 Å². The average Bonchev–Trinajstić information content (AvgIpc) is 2.85. The molecule has 0 aliphatic rings. The van der Waals surface area contributed by atoms with Crippen molar-refractivity contribution in [1.29, 1.82) is 0 Å². The van der Waals surface area contributed by atoms with Crippen LogP contribution in [-0.4, -0.2) is 9.55 Å². The molecule has 0 aliphatic carbocycles. The third-order valence-corrected chi connectivity index (χ3v) is 3.67. The second kappa shape index (κ2) is 5.37. The Labute approximate surface area is 119 Å². The van der Waals surface area contributed by atoms with Crippen molar-refractivity contribution < 1.29 is 0 Å². The number of nitrogen functional groups attached to an aromatic ring is 1. The number of para-hydroxylation sites is 1. The Morgan fingerprint density at radius 3 is 2.60 bits per heavy atom. The first kappa shape index (κ1) is 12.7. The first-order valence-corrected chi connectivity index (χ1v) is 7.07. The van der Waals surface area contributed by atoms with Crippen molar-refractivity contribution >= 4 is 16.7 Å². The quantitative estimate of drug-likeness (QED) is 0.734. The second-order valence-electron chi connectivity index (χ2n) is 4.98. The van der Waals surface area contributed by atoms with E-state index in [1.165, 1.54) is 5.56 Å². The molecule has 0 saturated heterocycles. The maximum Gasteiger partial charge on any atom is 0.112 e. The fraction of sp³-hybridized carbons (Fsp3) is 0.235. The van der Waals surface area contributed by atoms with Gasteiger partial charge in [-0.25, -0.2) is 4.98 Å². The number of aryl methyl sites for hydroxylation is 3. The molecule has 3 rings (SSSR count). The molecule has 3 heteroatoms. The molecule has 0 bridgehead atoms. The molecule has 0 unspecified atom stereocenters. The third kappa shape index (κ3) is 2.27. The van der Waals surface area contributed by atoms with Crippen LogP contribution >= 0.6 is 0 Å². The highest BCUT2D eigenvalue weighted by Crippen LogP contribution is 2.22. The first-order valence-electron chi connectivity index (χ1n) is 7.07. The summed E-state index contributed by atoms with van der Waals surface area (Å²) in [6.45, 7) is 3.07. The van der Waals surface area contributed by atoms with Crippen LogP contribution in [0.1, 0.15) is 18.3 Å². The minimum atomic E-state index is 0.760. The Morgan fingerprint density at radius 2 is 1.85 bits per heavy atom. The molecule has 2 aromatic carbocycles. The number of hydrogen-bond acceptors (Lipinski definition) is 2. The number of nitrogens with two attached hydrogens (primary N) is 1. The molecule has 2 N–H and O–H groups in total. The van der Waals surface area contributed by atoms with Gasteiger partial charge in [-0.15, -0.1) is 0 Å². The van der Waals surface area contributed by atoms with Crippen LogP contribution in [0.4, 0.5) is 5.69 Å². The van der Waals surface area contributed by atoms with E-state index in [0.717, 1.165) is 41.9 Å². The lowest BCUT2D eigenvalue weighted by Crippen LogP contribution is -2.05. The average molecular weight is 265 g/mol. The second-order valence-corrected chi connectivity index (χ2v) is 4.98. The zero-order valence-corrected chi connectivity index (χ0v) is 11.7. The zero-order chi connectivity index (χ0) is 13.9. The van der Waals surface area contributed by atoms with Crippen LogP contribution < -0.4 is 5.73 Å². The SMILES string of the molecule is CCc1nc2c(N)cccc2n1CCc1ccccc1. The fourth-order valence-corrected chi connectivity index (χ4v) is 2.62. The van der Waals surface area contributed by atoms with Gasteiger partial charge >= 0.3 is 0 Å². The van der Waals surface area contributed by atoms with Gasteiger partial charge in [0.2, 0.25) is 0 Å². The first-order chi connectivity index (χ1) is 9.79. The van der Waals surface area contributed by atoms with Crippen LogP contribution in [0.3, 0.4) is 0 Å². The topological polar surface area (TPSA) is 43.8 Å². The maximum atomic E-state index is 6.02. The van der Waals surface area contributed by atoms with Crippen LogP contribution in [0.2, 0.25) is 0 Å². The summed E-state index contributed by atoms with van der Waals surface area (Å²) >= 11 is 0. The Kier molecular flexibility index (Phi) is 3.42. The predicted octanol–water partition coefficient (Wildman–Crippen LogP) is 3.42. The summed E-state index contributed by atoms with van der Waals surface area (Å²) in [6, 6.07) is 16.6. The van der Waals surface area contributed by atoms with Crippen molar-refractivity contribution in [2.24, 2.45) is 0 Å². The largest absolute Gasteiger partial charge is 0.397 e. The Balaban J connectivity index is 1.96. The molecule has 0 saturated carbocycles. The number of hydrogen-bond donors (Lipinski definition) is 1. The molecule has 0 spiro atoms. The number of rotatable bonds is 4. The van der Waals surface area contributed by atoms with Crippen molar-refractivity contribution in [3.63, 3.8) is 0 Å². The van der Waals surface area contributed by atoms with Crippen molar-refractivity contribution in [2.75, 3.05) is 5.73 Å². The molecular weight excluding hydrogens is 246 g/mol. The molecule has 1 heterocycles. The standard InChI is InChI=1S/C17H19N3/c1-2-16-19-17-14(18)9-6-10-15(17)20(16)12-11-13-7-4-3-5-8-13/h3-10H,2,11-12,18H2,1H3. The Bertz CT molecular complexity index is 714. The predicted molar refractivity (Wildman–Crippen MR) is 83.7 cm³/mol. The highest BCUT2D eigenvalue weighted by atomic mass is 15.1. The van der Waals surface area contributed by atoms with Crippen molar-refractivity contribution in [1.82, 2.24) is 9.55 Å². The Hall–Kier alpha value is -2.29. The van der Waals surface area contributed by atoms with Gasteiger partial charge in [0.15, 0.2) is 0 Å². The van der Waals surface area contributed by atoms with E-state index in [-0.39, 0.29) is 0 Å². The van der Waals surface area contributed by atoms with E-state index in [1.54, 1.807) is 0 Å². The van der Waals surface area contributed by atoms with Gasteiger partial charge in [0.25, 0.3) is 0 Å². The Morgan fingerprint density at radius 1 is 1.05 bits per heavy atom. The minimum absolute atomic E-state index is 0.760. The lowest BCUT2D eigenvalue weighted by Gasteiger charge is -2.08. The maximum absolute atomic E-state index is 6.02. The molecule has 3 aromatic rings. The lowest BCUT2D eigenvalue weighted by atomic mass is 10.1. The summed E-state index contributed by atoms with van der Waals surface area (Å²) < 4.78 is 2.29. The summed E-state index contributed by atoms with van der Waals surface area (Å²) in [5, 5.41) is 0. The van der Waals surface area contributed by atoms with E-state index in [1.807, 2.05) is 18.2 Å². The van der Waals surface area contributed by atoms with E-state index < -0.39 is 0 Å². The van der Waals surface area contributed by atoms with Gasteiger partial charge in [-0.2, -0.15) is 0 Å². The van der Waals surface area contributed by atoms with Gasteiger partial charge in [-0.05, 0) is 24.1 Å². The minimum Gasteiger partial charge on any atom is -0.397 e. The molecule has 0 atom stereocenters. The fourth-order valence-electron chi connectivity index (χ4n) is 2.62. The van der Waals surface area contributed by atoms with Gasteiger partial charge in [0, 0.05) is 13.0 Å². The molecule has 1 aromatic heterocycles. The number of nitrogens with zero attached hydrogens (tertiary/aromatic N) is 2. The lowest BCUT2D eigenvalue weighted by molar-refractivity contribution is 0.674. The highest BCUT2D eigenvalue weighted by molar-refractivity contribution is 5.87. The highest BCUT2D eigenvalue weighted by Gasteiger charge is 2.10. The third-order valence-electron chi connectivity index (χ3n) is 3.67. The zero-order valence-electron chi connectivity index (χ0n) is 11.7. The molecule has 0 radical (unpaired) electrons. The van der Waals surface area contributed by atoms with Crippen molar-refractivity contribution in [3.8, 4) is 0 Å². The van der Waals surface area contributed by atoms with Crippen molar-refractivity contribution in [2.45, 2.75) is 26.3 Å². The number of imidazole rings is 1. The number of anilines is 1. The van der Waals surface area contributed by atoms with Crippen LogP contribution in [0.25, 0.3) is 11.0 Å². The smallest absolute Gasteiger partial charge is 0.112 e. The molecular formula is C17H19N3. The van der Waals surface area contributed by atoms with E-state index in [0.29, 0.717) is 0 Å². The molecule has 0 fully saturated rings. The molecule has 0 aliphatic heterocycles. The van der Waals surface area contributed by atoms with Crippen LogP contribution in [0.15, 0.2) is 48.5 Å². The number of aromatic nitrogens is 2. The van der Waals surface area contributed by atoms with Gasteiger partial charge in [-0.3, -0.25) is 0 Å². The summed E-state index contributed by atoms with van der Waals surface area (Å²) in [6.07, 6.45) is 1.93. The summed E-state index contributed by atoms with van der Waals surface area (Å²) in [7, 11) is 0. The van der Waals surface area contributed by atoms with Gasteiger partial charge in [0.05, 0.1) is 11.2 Å². The molecule has 102 valence electrons. The normalized spacial score (nSPS) is 11.1. The summed E-state index contributed by atoms with van der Waals surface area (Å²) in [5.41, 5.74) is 10.2. The van der Waals surface area contributed by atoms with Crippen molar-refractivity contribution in [3.05, 3.63) is 59.9 Å². The number of benzene rings is 2. The van der Waals surface area contributed by atoms with E-state index in [2.05, 4.69) is 46.8 Å². The van der Waals surface area contributed by atoms with Gasteiger partial charge < -0.3 is 10.3 Å². The molecule has 3 nitrogen and oxygen atoms in total. The van der Waals surface area contributed by atoms with Gasteiger partial charge in [0.1, 0.15) is 11.3 Å². The number of fused-ring (bicyclic) bond motifs is 1. The summed E-state index contributed by atoms with van der Waals surface area (Å²) in [4.78, 5) is 4.68. The van der Waals surface area contributed by atoms with Crippen LogP contribution in [0, 0.1) is 0 Å². The van der Waals surface area contributed by atoms with Crippen LogP contribution in [-0.2, 0) is 19.4 Å². The monoisotopic (exact) mass is 265 g/mol. The molecule has 20 heavy (non-hydrogen) atoms. The van der Waals surface area contributed by atoms with Crippen LogP contribution in [0.5, 0.6) is 0 Å². The van der Waals surface area contributed by atoms with E-state index >= 15 is 0 Å².